The third-order valence-corrected chi connectivity index (χ3v) is 3.62. The Kier molecular flexibility index (Phi) is 3.56. The molecule has 0 radical (unpaired) electrons. The zero-order valence-corrected chi connectivity index (χ0v) is 11.8. The minimum Gasteiger partial charge on any atom is -0.444 e. The fourth-order valence-corrected chi connectivity index (χ4v) is 2.59. The number of carbonyl (C=O) groups is 2. The van der Waals surface area contributed by atoms with E-state index in [9.17, 15) is 9.59 Å². The standard InChI is InChI=1S/C16H16N2O3/c1-11-9-17-14(21-11)10-18-15(19)8-13(16(18)20)7-12-5-3-2-4-6-12/h2-6,9,13H,7-8,10H2,1H3/t13-/m1/s1. The van der Waals surface area contributed by atoms with Gasteiger partial charge in [0, 0.05) is 6.42 Å². The van der Waals surface area contributed by atoms with Crippen LogP contribution in [-0.4, -0.2) is 21.7 Å². The second-order valence-electron chi connectivity index (χ2n) is 5.27. The highest BCUT2D eigenvalue weighted by atomic mass is 16.4. The normalized spacial score (nSPS) is 18.5. The first-order chi connectivity index (χ1) is 10.1. The van der Waals surface area contributed by atoms with Crippen molar-refractivity contribution in [2.24, 2.45) is 5.92 Å². The van der Waals surface area contributed by atoms with Crippen molar-refractivity contribution < 1.29 is 14.0 Å². The Morgan fingerprint density at radius 3 is 2.71 bits per heavy atom. The van der Waals surface area contributed by atoms with Crippen LogP contribution in [0.5, 0.6) is 0 Å². The topological polar surface area (TPSA) is 63.4 Å². The lowest BCUT2D eigenvalue weighted by molar-refractivity contribution is -0.140. The summed E-state index contributed by atoms with van der Waals surface area (Å²) < 4.78 is 5.34. The fourth-order valence-electron chi connectivity index (χ4n) is 2.59. The number of amides is 2. The highest BCUT2D eigenvalue weighted by molar-refractivity contribution is 6.03. The number of hydrogen-bond acceptors (Lipinski definition) is 4. The number of likely N-dealkylation sites (tertiary alicyclic amines) is 1. The maximum Gasteiger partial charge on any atom is 0.233 e. The van der Waals surface area contributed by atoms with Gasteiger partial charge in [-0.15, -0.1) is 0 Å². The van der Waals surface area contributed by atoms with E-state index in [0.29, 0.717) is 18.1 Å². The van der Waals surface area contributed by atoms with Crippen molar-refractivity contribution >= 4 is 11.8 Å². The number of aromatic nitrogens is 1. The maximum atomic E-state index is 12.4. The van der Waals surface area contributed by atoms with Crippen molar-refractivity contribution in [3.8, 4) is 0 Å². The van der Waals surface area contributed by atoms with E-state index in [-0.39, 0.29) is 30.7 Å². The molecule has 3 rings (SSSR count). The molecule has 1 aromatic carbocycles. The summed E-state index contributed by atoms with van der Waals surface area (Å²) in [6, 6.07) is 9.74. The van der Waals surface area contributed by atoms with Gasteiger partial charge in [-0.05, 0) is 18.9 Å². The molecular weight excluding hydrogens is 268 g/mol. The average molecular weight is 284 g/mol. The summed E-state index contributed by atoms with van der Waals surface area (Å²) in [5, 5.41) is 0. The van der Waals surface area contributed by atoms with E-state index in [0.717, 1.165) is 5.56 Å². The molecule has 0 N–H and O–H groups in total. The van der Waals surface area contributed by atoms with Crippen LogP contribution in [0.1, 0.15) is 23.6 Å². The monoisotopic (exact) mass is 284 g/mol. The van der Waals surface area contributed by atoms with E-state index < -0.39 is 0 Å². The van der Waals surface area contributed by atoms with Crippen molar-refractivity contribution in [1.82, 2.24) is 9.88 Å². The van der Waals surface area contributed by atoms with Gasteiger partial charge in [0.2, 0.25) is 17.7 Å². The molecule has 21 heavy (non-hydrogen) atoms. The number of hydrogen-bond donors (Lipinski definition) is 0. The highest BCUT2D eigenvalue weighted by Crippen LogP contribution is 2.25. The average Bonchev–Trinajstić information content (AvgIpc) is 2.99. The van der Waals surface area contributed by atoms with Gasteiger partial charge in [0.1, 0.15) is 12.3 Å². The Morgan fingerprint density at radius 2 is 2.05 bits per heavy atom. The first kappa shape index (κ1) is 13.5. The zero-order chi connectivity index (χ0) is 14.8. The Labute approximate surface area is 122 Å². The molecule has 1 aromatic heterocycles. The van der Waals surface area contributed by atoms with Crippen molar-refractivity contribution in [1.29, 1.82) is 0 Å². The zero-order valence-electron chi connectivity index (χ0n) is 11.8. The third kappa shape index (κ3) is 2.86. The predicted molar refractivity (Wildman–Crippen MR) is 75.1 cm³/mol. The number of nitrogens with zero attached hydrogens (tertiary/aromatic N) is 2. The molecule has 5 heteroatoms. The summed E-state index contributed by atoms with van der Waals surface area (Å²) in [6.45, 7) is 1.90. The van der Waals surface area contributed by atoms with Crippen molar-refractivity contribution in [3.63, 3.8) is 0 Å². The quantitative estimate of drug-likeness (QED) is 0.807. The minimum absolute atomic E-state index is 0.122. The minimum atomic E-state index is -0.282. The summed E-state index contributed by atoms with van der Waals surface area (Å²) >= 11 is 0. The smallest absolute Gasteiger partial charge is 0.233 e. The van der Waals surface area contributed by atoms with E-state index >= 15 is 0 Å². The molecule has 1 fully saturated rings. The first-order valence-corrected chi connectivity index (χ1v) is 6.93. The number of rotatable bonds is 4. The fraction of sp³-hybridized carbons (Fsp3) is 0.312. The molecular formula is C16H16N2O3. The predicted octanol–water partition coefficient (Wildman–Crippen LogP) is 2.10. The largest absolute Gasteiger partial charge is 0.444 e. The second kappa shape index (κ2) is 5.52. The van der Waals surface area contributed by atoms with Crippen molar-refractivity contribution in [2.75, 3.05) is 0 Å². The third-order valence-electron chi connectivity index (χ3n) is 3.62. The van der Waals surface area contributed by atoms with Crippen LogP contribution in [0.4, 0.5) is 0 Å². The summed E-state index contributed by atoms with van der Waals surface area (Å²) in [7, 11) is 0. The van der Waals surface area contributed by atoms with Crippen LogP contribution in [0.25, 0.3) is 0 Å². The number of carbonyl (C=O) groups excluding carboxylic acids is 2. The molecule has 1 atom stereocenters. The lowest BCUT2D eigenvalue weighted by Gasteiger charge is -2.12. The Morgan fingerprint density at radius 1 is 1.29 bits per heavy atom. The molecule has 2 heterocycles. The van der Waals surface area contributed by atoms with Crippen LogP contribution in [0, 0.1) is 12.8 Å². The molecule has 5 nitrogen and oxygen atoms in total. The number of oxazole rings is 1. The molecule has 0 spiro atoms. The summed E-state index contributed by atoms with van der Waals surface area (Å²) in [6.07, 6.45) is 2.43. The molecule has 108 valence electrons. The van der Waals surface area contributed by atoms with Crippen LogP contribution in [0.15, 0.2) is 40.9 Å². The Hall–Kier alpha value is -2.43. The molecule has 0 saturated carbocycles. The van der Waals surface area contributed by atoms with Crippen molar-refractivity contribution in [3.05, 3.63) is 53.7 Å². The second-order valence-corrected chi connectivity index (χ2v) is 5.27. The van der Waals surface area contributed by atoms with Gasteiger partial charge < -0.3 is 4.42 Å². The molecule has 0 bridgehead atoms. The molecule has 2 amide bonds. The maximum absolute atomic E-state index is 12.4. The number of aryl methyl sites for hydroxylation is 1. The molecule has 1 aliphatic rings. The van der Waals surface area contributed by atoms with Gasteiger partial charge in [-0.25, -0.2) is 4.98 Å². The lowest BCUT2D eigenvalue weighted by atomic mass is 9.98. The van der Waals surface area contributed by atoms with E-state index in [1.165, 1.54) is 4.90 Å². The van der Waals surface area contributed by atoms with Crippen LogP contribution in [-0.2, 0) is 22.6 Å². The lowest BCUT2D eigenvalue weighted by Crippen LogP contribution is -2.30. The van der Waals surface area contributed by atoms with Gasteiger partial charge in [-0.1, -0.05) is 30.3 Å². The highest BCUT2D eigenvalue weighted by Gasteiger charge is 2.38. The Bertz CT molecular complexity index is 663. The van der Waals surface area contributed by atoms with E-state index in [4.69, 9.17) is 4.42 Å². The van der Waals surface area contributed by atoms with Gasteiger partial charge in [0.05, 0.1) is 12.1 Å². The molecule has 0 aliphatic carbocycles. The van der Waals surface area contributed by atoms with Gasteiger partial charge >= 0.3 is 0 Å². The Balaban J connectivity index is 1.70. The van der Waals surface area contributed by atoms with Crippen LogP contribution >= 0.6 is 0 Å². The van der Waals surface area contributed by atoms with Crippen molar-refractivity contribution in [2.45, 2.75) is 26.3 Å². The summed E-state index contributed by atoms with van der Waals surface area (Å²) in [5.74, 6) is 0.493. The molecule has 1 saturated heterocycles. The molecule has 1 aliphatic heterocycles. The molecule has 0 unspecified atom stereocenters. The van der Waals surface area contributed by atoms with E-state index in [1.807, 2.05) is 30.3 Å². The summed E-state index contributed by atoms with van der Waals surface area (Å²) in [5.41, 5.74) is 1.07. The van der Waals surface area contributed by atoms with Gasteiger partial charge in [-0.2, -0.15) is 0 Å². The van der Waals surface area contributed by atoms with Crippen LogP contribution in [0.3, 0.4) is 0 Å². The van der Waals surface area contributed by atoms with Gasteiger partial charge in [0.15, 0.2) is 0 Å². The van der Waals surface area contributed by atoms with Gasteiger partial charge in [0.25, 0.3) is 0 Å². The number of imide groups is 1. The van der Waals surface area contributed by atoms with E-state index in [2.05, 4.69) is 4.98 Å². The first-order valence-electron chi connectivity index (χ1n) is 6.93. The number of benzene rings is 1. The summed E-state index contributed by atoms with van der Waals surface area (Å²) in [4.78, 5) is 29.7. The van der Waals surface area contributed by atoms with Crippen LogP contribution in [0.2, 0.25) is 0 Å². The van der Waals surface area contributed by atoms with Crippen LogP contribution < -0.4 is 0 Å². The van der Waals surface area contributed by atoms with Gasteiger partial charge in [-0.3, -0.25) is 14.5 Å². The SMILES string of the molecule is Cc1cnc(CN2C(=O)C[C@@H](Cc3ccccc3)C2=O)o1. The molecule has 2 aromatic rings. The van der Waals surface area contributed by atoms with E-state index in [1.54, 1.807) is 13.1 Å².